The average molecular weight is 464 g/mol. The molecule has 0 aliphatic carbocycles. The minimum atomic E-state index is -0.551. The van der Waals surface area contributed by atoms with Gasteiger partial charge in [0.1, 0.15) is 12.4 Å². The molecule has 2 heterocycles. The lowest BCUT2D eigenvalue weighted by Gasteiger charge is -2.06. The fourth-order valence-electron chi connectivity index (χ4n) is 2.69. The number of nitrogens with one attached hydrogen (secondary N) is 2. The van der Waals surface area contributed by atoms with Crippen molar-refractivity contribution in [1.82, 2.24) is 25.5 Å². The third-order valence-corrected chi connectivity index (χ3v) is 5.17. The number of nitrogens with zero attached hydrogens (tertiary/aromatic N) is 4. The normalized spacial score (nSPS) is 10.5. The first-order valence-corrected chi connectivity index (χ1v) is 10.5. The molecule has 0 bridgehead atoms. The van der Waals surface area contributed by atoms with Crippen molar-refractivity contribution in [3.8, 4) is 0 Å². The summed E-state index contributed by atoms with van der Waals surface area (Å²) in [5.74, 6) is -0.912. The van der Waals surface area contributed by atoms with Gasteiger partial charge in [0, 0.05) is 24.6 Å². The van der Waals surface area contributed by atoms with Crippen LogP contribution in [0.5, 0.6) is 0 Å². The van der Waals surface area contributed by atoms with Crippen molar-refractivity contribution in [2.24, 2.45) is 0 Å². The maximum Gasteiger partial charge on any atom is 0.338 e. The monoisotopic (exact) mass is 464 g/mol. The van der Waals surface area contributed by atoms with E-state index in [9.17, 15) is 14.0 Å². The number of hydrogen-bond donors (Lipinski definition) is 2. The van der Waals surface area contributed by atoms with E-state index in [0.29, 0.717) is 22.2 Å². The van der Waals surface area contributed by atoms with Gasteiger partial charge in [-0.3, -0.25) is 4.79 Å². The second-order valence-corrected chi connectivity index (χ2v) is 7.73. The van der Waals surface area contributed by atoms with Crippen LogP contribution < -0.4 is 10.6 Å². The van der Waals surface area contributed by atoms with Gasteiger partial charge in [0.05, 0.1) is 5.56 Å². The van der Waals surface area contributed by atoms with Crippen molar-refractivity contribution >= 4 is 34.8 Å². The van der Waals surface area contributed by atoms with Crippen LogP contribution in [0.3, 0.4) is 0 Å². The Bertz CT molecular complexity index is 1250. The van der Waals surface area contributed by atoms with E-state index < -0.39 is 11.9 Å². The molecule has 9 nitrogen and oxygen atoms in total. The van der Waals surface area contributed by atoms with Gasteiger partial charge in [-0.25, -0.2) is 19.2 Å². The van der Waals surface area contributed by atoms with Gasteiger partial charge in [-0.05, 0) is 42.0 Å². The molecule has 0 spiro atoms. The zero-order valence-corrected chi connectivity index (χ0v) is 17.9. The van der Waals surface area contributed by atoms with Gasteiger partial charge in [-0.15, -0.1) is 10.2 Å². The molecule has 11 heteroatoms. The van der Waals surface area contributed by atoms with Crippen molar-refractivity contribution in [2.75, 3.05) is 5.32 Å². The van der Waals surface area contributed by atoms with E-state index in [1.807, 2.05) is 0 Å². The molecule has 4 aromatic rings. The number of rotatable bonds is 8. The molecule has 4 rings (SSSR count). The Morgan fingerprint density at radius 3 is 2.58 bits per heavy atom. The molecular weight excluding hydrogens is 447 g/mol. The number of carbonyl (C=O) groups excluding carboxylic acids is 2. The quantitative estimate of drug-likeness (QED) is 0.380. The van der Waals surface area contributed by atoms with Gasteiger partial charge < -0.3 is 15.4 Å². The van der Waals surface area contributed by atoms with Crippen LogP contribution in [0.2, 0.25) is 0 Å². The zero-order chi connectivity index (χ0) is 23.0. The number of aromatic nitrogens is 4. The minimum absolute atomic E-state index is 0.124. The van der Waals surface area contributed by atoms with Gasteiger partial charge in [0.2, 0.25) is 11.0 Å². The van der Waals surface area contributed by atoms with Crippen LogP contribution in [-0.2, 0) is 17.9 Å². The van der Waals surface area contributed by atoms with Crippen molar-refractivity contribution < 1.29 is 18.7 Å². The molecule has 0 aliphatic heterocycles. The summed E-state index contributed by atoms with van der Waals surface area (Å²) in [5.41, 5.74) is 1.71. The van der Waals surface area contributed by atoms with Crippen LogP contribution in [-0.4, -0.2) is 32.0 Å². The molecule has 0 saturated heterocycles. The molecule has 0 unspecified atom stereocenters. The Balaban J connectivity index is 1.29. The molecule has 1 amide bonds. The van der Waals surface area contributed by atoms with Gasteiger partial charge in [-0.1, -0.05) is 29.5 Å². The molecular formula is C22H17FN6O3S. The third-order valence-electron chi connectivity index (χ3n) is 4.27. The van der Waals surface area contributed by atoms with Gasteiger partial charge >= 0.3 is 5.97 Å². The number of halogens is 1. The van der Waals surface area contributed by atoms with Crippen molar-refractivity contribution in [3.63, 3.8) is 0 Å². The Morgan fingerprint density at radius 2 is 1.79 bits per heavy atom. The average Bonchev–Trinajstić information content (AvgIpc) is 3.32. The lowest BCUT2D eigenvalue weighted by atomic mass is 10.2. The summed E-state index contributed by atoms with van der Waals surface area (Å²) in [5, 5.41) is 13.9. The van der Waals surface area contributed by atoms with E-state index in [0.717, 1.165) is 16.9 Å². The summed E-state index contributed by atoms with van der Waals surface area (Å²) in [6.07, 6.45) is 3.21. The highest BCUT2D eigenvalue weighted by Gasteiger charge is 2.15. The topological polar surface area (TPSA) is 119 Å². The van der Waals surface area contributed by atoms with Gasteiger partial charge in [-0.2, -0.15) is 0 Å². The zero-order valence-electron chi connectivity index (χ0n) is 17.1. The smallest absolute Gasteiger partial charge is 0.338 e. The van der Waals surface area contributed by atoms with E-state index in [1.165, 1.54) is 12.1 Å². The highest BCUT2D eigenvalue weighted by atomic mass is 32.1. The van der Waals surface area contributed by atoms with Crippen LogP contribution in [0.25, 0.3) is 0 Å². The van der Waals surface area contributed by atoms with E-state index in [2.05, 4.69) is 30.8 Å². The van der Waals surface area contributed by atoms with E-state index in [4.69, 9.17) is 4.74 Å². The number of anilines is 2. The molecule has 0 aliphatic rings. The first kappa shape index (κ1) is 22.0. The van der Waals surface area contributed by atoms with Gasteiger partial charge in [0.15, 0.2) is 5.01 Å². The third kappa shape index (κ3) is 6.14. The fraction of sp³-hybridized carbons (Fsp3) is 0.0909. The van der Waals surface area contributed by atoms with Crippen molar-refractivity contribution in [2.45, 2.75) is 13.2 Å². The molecule has 0 radical (unpaired) electrons. The maximum absolute atomic E-state index is 13.0. The standard InChI is InChI=1S/C22H17FN6O3S/c23-16-7-5-14(6-8-16)12-26-19(30)20-29-28-18(33-20)13-32-21(31)15-3-1-4-17(11-15)27-22-24-9-2-10-25-22/h1-11H,12-13H2,(H,26,30)(H,24,25,27). The molecule has 0 saturated carbocycles. The maximum atomic E-state index is 13.0. The van der Waals surface area contributed by atoms with E-state index in [1.54, 1.807) is 54.9 Å². The Hall–Kier alpha value is -4.25. The van der Waals surface area contributed by atoms with E-state index >= 15 is 0 Å². The first-order chi connectivity index (χ1) is 16.1. The molecule has 33 heavy (non-hydrogen) atoms. The van der Waals surface area contributed by atoms with Crippen LogP contribution in [0.1, 0.15) is 30.7 Å². The molecule has 2 aromatic heterocycles. The predicted octanol–water partition coefficient (Wildman–Crippen LogP) is 3.50. The second kappa shape index (κ2) is 10.4. The number of ether oxygens (including phenoxy) is 1. The Morgan fingerprint density at radius 1 is 1.00 bits per heavy atom. The fourth-order valence-corrected chi connectivity index (χ4v) is 3.36. The summed E-state index contributed by atoms with van der Waals surface area (Å²) in [4.78, 5) is 32.8. The lowest BCUT2D eigenvalue weighted by Crippen LogP contribution is -2.22. The summed E-state index contributed by atoms with van der Waals surface area (Å²) in [6.45, 7) is 0.0998. The summed E-state index contributed by atoms with van der Waals surface area (Å²) >= 11 is 1.02. The summed E-state index contributed by atoms with van der Waals surface area (Å²) in [7, 11) is 0. The van der Waals surface area contributed by atoms with Crippen LogP contribution >= 0.6 is 11.3 Å². The first-order valence-electron chi connectivity index (χ1n) is 9.73. The molecule has 0 fully saturated rings. The van der Waals surface area contributed by atoms with Crippen LogP contribution in [0, 0.1) is 5.82 Å². The van der Waals surface area contributed by atoms with Crippen LogP contribution in [0.15, 0.2) is 67.0 Å². The highest BCUT2D eigenvalue weighted by molar-refractivity contribution is 7.13. The Labute approximate surface area is 191 Å². The molecule has 166 valence electrons. The van der Waals surface area contributed by atoms with E-state index in [-0.39, 0.29) is 24.0 Å². The SMILES string of the molecule is O=C(OCc1nnc(C(=O)NCc2ccc(F)cc2)s1)c1cccc(Nc2ncccn2)c1. The minimum Gasteiger partial charge on any atom is -0.455 e. The summed E-state index contributed by atoms with van der Waals surface area (Å²) in [6, 6.07) is 14.2. The lowest BCUT2D eigenvalue weighted by molar-refractivity contribution is 0.0471. The second-order valence-electron chi connectivity index (χ2n) is 6.66. The number of benzene rings is 2. The number of hydrogen-bond acceptors (Lipinski definition) is 9. The molecule has 2 aromatic carbocycles. The molecule has 2 N–H and O–H groups in total. The van der Waals surface area contributed by atoms with Crippen molar-refractivity contribution in [1.29, 1.82) is 0 Å². The highest BCUT2D eigenvalue weighted by Crippen LogP contribution is 2.17. The Kier molecular flexibility index (Phi) is 6.90. The van der Waals surface area contributed by atoms with Crippen LogP contribution in [0.4, 0.5) is 16.0 Å². The largest absolute Gasteiger partial charge is 0.455 e. The summed E-state index contributed by atoms with van der Waals surface area (Å²) < 4.78 is 18.2. The number of esters is 1. The van der Waals surface area contributed by atoms with Crippen molar-refractivity contribution in [3.05, 3.63) is 94.0 Å². The number of carbonyl (C=O) groups is 2. The predicted molar refractivity (Wildman–Crippen MR) is 118 cm³/mol. The van der Waals surface area contributed by atoms with Gasteiger partial charge in [0.25, 0.3) is 5.91 Å². The number of amides is 1. The molecule has 0 atom stereocenters.